The van der Waals surface area contributed by atoms with Gasteiger partial charge in [0, 0.05) is 19.1 Å². The molecule has 0 bridgehead atoms. The summed E-state index contributed by atoms with van der Waals surface area (Å²) in [7, 11) is 0. The SMILES string of the molecule is CCCCC/C=C/C/C=C/CCCCCCCC(=O)NCC1CC=NO1. The third-order valence-corrected chi connectivity index (χ3v) is 4.53. The van der Waals surface area contributed by atoms with Gasteiger partial charge in [-0.05, 0) is 38.5 Å². The molecule has 1 N–H and O–H groups in total. The summed E-state index contributed by atoms with van der Waals surface area (Å²) < 4.78 is 0. The number of hydrogen-bond donors (Lipinski definition) is 1. The van der Waals surface area contributed by atoms with Gasteiger partial charge in [-0.25, -0.2) is 0 Å². The van der Waals surface area contributed by atoms with Crippen molar-refractivity contribution >= 4 is 12.1 Å². The van der Waals surface area contributed by atoms with Gasteiger partial charge in [0.25, 0.3) is 0 Å². The predicted octanol–water partition coefficient (Wildman–Crippen LogP) is 5.69. The second-order valence-electron chi connectivity index (χ2n) is 7.04. The van der Waals surface area contributed by atoms with Crippen molar-refractivity contribution in [3.8, 4) is 0 Å². The predicted molar refractivity (Wildman–Crippen MR) is 110 cm³/mol. The molecular formula is C22H38N2O2. The van der Waals surface area contributed by atoms with Crippen molar-refractivity contribution in [3.63, 3.8) is 0 Å². The molecule has 1 aliphatic rings. The van der Waals surface area contributed by atoms with E-state index in [0.717, 1.165) is 25.7 Å². The van der Waals surface area contributed by atoms with Crippen LogP contribution in [-0.2, 0) is 9.63 Å². The Kier molecular flexibility index (Phi) is 14.6. The summed E-state index contributed by atoms with van der Waals surface area (Å²) in [6.45, 7) is 2.81. The maximum absolute atomic E-state index is 11.7. The van der Waals surface area contributed by atoms with Crippen molar-refractivity contribution in [1.29, 1.82) is 0 Å². The first kappa shape index (κ1) is 22.5. The van der Waals surface area contributed by atoms with E-state index in [1.807, 2.05) is 0 Å². The van der Waals surface area contributed by atoms with E-state index in [2.05, 4.69) is 41.7 Å². The highest BCUT2D eigenvalue weighted by atomic mass is 16.6. The number of allylic oxidation sites excluding steroid dienone is 4. The van der Waals surface area contributed by atoms with Crippen LogP contribution in [0.1, 0.15) is 90.4 Å². The molecule has 0 aromatic heterocycles. The zero-order chi connectivity index (χ0) is 18.7. The molecule has 1 unspecified atom stereocenters. The number of carbonyl (C=O) groups excluding carboxylic acids is 1. The molecule has 0 saturated heterocycles. The van der Waals surface area contributed by atoms with Crippen molar-refractivity contribution < 1.29 is 9.63 Å². The van der Waals surface area contributed by atoms with Crippen molar-refractivity contribution in [1.82, 2.24) is 5.32 Å². The number of rotatable bonds is 16. The fraction of sp³-hybridized carbons (Fsp3) is 0.727. The maximum atomic E-state index is 11.7. The van der Waals surface area contributed by atoms with Crippen LogP contribution < -0.4 is 5.32 Å². The van der Waals surface area contributed by atoms with Crippen LogP contribution in [0.4, 0.5) is 0 Å². The summed E-state index contributed by atoms with van der Waals surface area (Å²) in [6, 6.07) is 0. The fourth-order valence-corrected chi connectivity index (χ4v) is 2.87. The number of hydrogen-bond acceptors (Lipinski definition) is 3. The van der Waals surface area contributed by atoms with Gasteiger partial charge in [0.15, 0.2) is 0 Å². The first-order valence-electron chi connectivity index (χ1n) is 10.6. The van der Waals surface area contributed by atoms with Crippen LogP contribution in [0.5, 0.6) is 0 Å². The third kappa shape index (κ3) is 13.7. The van der Waals surface area contributed by atoms with E-state index in [4.69, 9.17) is 4.84 Å². The van der Waals surface area contributed by atoms with Crippen molar-refractivity contribution in [2.24, 2.45) is 5.16 Å². The Labute approximate surface area is 160 Å². The molecule has 0 fully saturated rings. The summed E-state index contributed by atoms with van der Waals surface area (Å²) >= 11 is 0. The van der Waals surface area contributed by atoms with Crippen LogP contribution in [0.15, 0.2) is 29.5 Å². The molecule has 0 aliphatic carbocycles. The Morgan fingerprint density at radius 3 is 2.42 bits per heavy atom. The van der Waals surface area contributed by atoms with Crippen molar-refractivity contribution in [2.75, 3.05) is 6.54 Å². The molecule has 0 saturated carbocycles. The lowest BCUT2D eigenvalue weighted by atomic mass is 10.1. The van der Waals surface area contributed by atoms with E-state index in [1.54, 1.807) is 6.21 Å². The molecular weight excluding hydrogens is 324 g/mol. The van der Waals surface area contributed by atoms with Gasteiger partial charge in [0.2, 0.25) is 5.91 Å². The van der Waals surface area contributed by atoms with Gasteiger partial charge in [-0.2, -0.15) is 0 Å². The molecule has 0 aromatic rings. The molecule has 1 heterocycles. The van der Waals surface area contributed by atoms with E-state index in [9.17, 15) is 4.79 Å². The van der Waals surface area contributed by atoms with Gasteiger partial charge in [0.05, 0.1) is 6.54 Å². The van der Waals surface area contributed by atoms with Gasteiger partial charge >= 0.3 is 0 Å². The Balaban J connectivity index is 1.79. The largest absolute Gasteiger partial charge is 0.391 e. The minimum Gasteiger partial charge on any atom is -0.391 e. The second-order valence-corrected chi connectivity index (χ2v) is 7.04. The van der Waals surface area contributed by atoms with Gasteiger partial charge < -0.3 is 10.2 Å². The van der Waals surface area contributed by atoms with Gasteiger partial charge in [-0.15, -0.1) is 0 Å². The highest BCUT2D eigenvalue weighted by Gasteiger charge is 2.13. The average molecular weight is 363 g/mol. The van der Waals surface area contributed by atoms with Crippen molar-refractivity contribution in [3.05, 3.63) is 24.3 Å². The first-order valence-corrected chi connectivity index (χ1v) is 10.6. The molecule has 148 valence electrons. The second kappa shape index (κ2) is 16.9. The zero-order valence-electron chi connectivity index (χ0n) is 16.6. The maximum Gasteiger partial charge on any atom is 0.220 e. The third-order valence-electron chi connectivity index (χ3n) is 4.53. The Bertz CT molecular complexity index is 422. The van der Waals surface area contributed by atoms with E-state index < -0.39 is 0 Å². The van der Waals surface area contributed by atoms with E-state index in [0.29, 0.717) is 13.0 Å². The van der Waals surface area contributed by atoms with Crippen LogP contribution >= 0.6 is 0 Å². The lowest BCUT2D eigenvalue weighted by Gasteiger charge is -2.09. The summed E-state index contributed by atoms with van der Waals surface area (Å²) in [6.07, 6.45) is 25.6. The molecule has 1 aliphatic heterocycles. The van der Waals surface area contributed by atoms with Crippen molar-refractivity contribution in [2.45, 2.75) is 96.5 Å². The lowest BCUT2D eigenvalue weighted by Crippen LogP contribution is -2.31. The van der Waals surface area contributed by atoms with Gasteiger partial charge in [-0.1, -0.05) is 68.5 Å². The highest BCUT2D eigenvalue weighted by molar-refractivity contribution is 5.75. The number of unbranched alkanes of at least 4 members (excludes halogenated alkanes) is 8. The fourth-order valence-electron chi connectivity index (χ4n) is 2.87. The molecule has 0 radical (unpaired) electrons. The van der Waals surface area contributed by atoms with Gasteiger partial charge in [0.1, 0.15) is 6.10 Å². The Morgan fingerprint density at radius 2 is 1.73 bits per heavy atom. The monoisotopic (exact) mass is 362 g/mol. The Morgan fingerprint density at radius 1 is 1.04 bits per heavy atom. The molecule has 26 heavy (non-hydrogen) atoms. The zero-order valence-corrected chi connectivity index (χ0v) is 16.6. The van der Waals surface area contributed by atoms with E-state index in [1.165, 1.54) is 51.4 Å². The van der Waals surface area contributed by atoms with Crippen LogP contribution in [0.2, 0.25) is 0 Å². The summed E-state index contributed by atoms with van der Waals surface area (Å²) in [5.74, 6) is 0.131. The minimum absolute atomic E-state index is 0.0311. The summed E-state index contributed by atoms with van der Waals surface area (Å²) in [5, 5.41) is 6.62. The number of oxime groups is 1. The molecule has 1 amide bonds. The smallest absolute Gasteiger partial charge is 0.220 e. The molecule has 4 heteroatoms. The van der Waals surface area contributed by atoms with Crippen LogP contribution in [0, 0.1) is 0 Å². The molecule has 1 atom stereocenters. The standard InChI is InChI=1S/C22H38N2O2/c1-2-3-4-5-6-7-8-9-10-11-12-13-14-15-16-17-22(25)23-20-21-18-19-24-26-21/h6-7,9-10,19,21H,2-5,8,11-18,20H2,1H3,(H,23,25)/b7-6+,10-9+. The summed E-state index contributed by atoms with van der Waals surface area (Å²) in [4.78, 5) is 16.8. The minimum atomic E-state index is 0.0311. The molecule has 4 nitrogen and oxygen atoms in total. The lowest BCUT2D eigenvalue weighted by molar-refractivity contribution is -0.121. The normalized spacial score (nSPS) is 16.6. The van der Waals surface area contributed by atoms with Crippen LogP contribution in [-0.4, -0.2) is 24.8 Å². The van der Waals surface area contributed by atoms with Gasteiger partial charge in [-0.3, -0.25) is 4.79 Å². The molecule has 1 rings (SSSR count). The number of nitrogens with zero attached hydrogens (tertiary/aromatic N) is 1. The number of nitrogens with one attached hydrogen (secondary N) is 1. The van der Waals surface area contributed by atoms with E-state index in [-0.39, 0.29) is 12.0 Å². The van der Waals surface area contributed by atoms with Crippen LogP contribution in [0.25, 0.3) is 0 Å². The first-order chi connectivity index (χ1) is 12.8. The highest BCUT2D eigenvalue weighted by Crippen LogP contribution is 2.08. The summed E-state index contributed by atoms with van der Waals surface area (Å²) in [5.41, 5.74) is 0. The molecule has 0 spiro atoms. The number of carbonyl (C=O) groups is 1. The average Bonchev–Trinajstić information content (AvgIpc) is 3.17. The molecule has 0 aromatic carbocycles. The van der Waals surface area contributed by atoms with E-state index >= 15 is 0 Å². The number of amides is 1. The van der Waals surface area contributed by atoms with Crippen LogP contribution in [0.3, 0.4) is 0 Å². The topological polar surface area (TPSA) is 50.7 Å². The quantitative estimate of drug-likeness (QED) is 0.283. The Hall–Kier alpha value is -1.58.